The highest BCUT2D eigenvalue weighted by Gasteiger charge is 2.26. The molecule has 0 saturated carbocycles. The molecule has 22 heavy (non-hydrogen) atoms. The number of amides is 2. The Morgan fingerprint density at radius 2 is 2.36 bits per heavy atom. The van der Waals surface area contributed by atoms with E-state index in [9.17, 15) is 4.79 Å². The van der Waals surface area contributed by atoms with Crippen molar-refractivity contribution in [2.24, 2.45) is 4.99 Å². The summed E-state index contributed by atoms with van der Waals surface area (Å²) in [6.07, 6.45) is 4.06. The minimum absolute atomic E-state index is 0.0802. The fraction of sp³-hybridized carbons (Fsp3) is 0.385. The summed E-state index contributed by atoms with van der Waals surface area (Å²) in [6, 6.07) is -0.184. The zero-order valence-corrected chi connectivity index (χ0v) is 13.7. The Balaban J connectivity index is 2.31. The number of aliphatic imine (C=N–C) groups is 1. The lowest BCUT2D eigenvalue weighted by molar-refractivity contribution is 0.234. The van der Waals surface area contributed by atoms with E-state index >= 15 is 0 Å². The second kappa shape index (κ2) is 7.42. The van der Waals surface area contributed by atoms with E-state index in [0.717, 1.165) is 6.42 Å². The molecule has 1 saturated heterocycles. The van der Waals surface area contributed by atoms with E-state index in [2.05, 4.69) is 25.6 Å². The molecule has 118 valence electrons. The van der Waals surface area contributed by atoms with Crippen molar-refractivity contribution in [3.05, 3.63) is 28.3 Å². The van der Waals surface area contributed by atoms with Crippen LogP contribution in [0.3, 0.4) is 0 Å². The molecule has 0 bridgehead atoms. The Labute approximate surface area is 138 Å². The van der Waals surface area contributed by atoms with Gasteiger partial charge in [0.05, 0.1) is 11.9 Å². The highest BCUT2D eigenvalue weighted by atomic mass is 35.5. The summed E-state index contributed by atoms with van der Waals surface area (Å²) in [5.41, 5.74) is 0.638. The molecule has 1 fully saturated rings. The highest BCUT2D eigenvalue weighted by molar-refractivity contribution is 6.33. The van der Waals surface area contributed by atoms with Crippen LogP contribution in [0.5, 0.6) is 0 Å². The van der Waals surface area contributed by atoms with Gasteiger partial charge >= 0.3 is 6.03 Å². The molecule has 2 N–H and O–H groups in total. The molecule has 2 heterocycles. The van der Waals surface area contributed by atoms with Gasteiger partial charge < -0.3 is 10.6 Å². The number of carbonyl (C=O) groups excluding carboxylic acids is 1. The number of nitrogens with one attached hydrogen (secondary N) is 2. The lowest BCUT2D eigenvalue weighted by atomic mass is 10.3. The summed E-state index contributed by atoms with van der Waals surface area (Å²) in [4.78, 5) is 25.5. The van der Waals surface area contributed by atoms with Gasteiger partial charge in [0.25, 0.3) is 0 Å². The number of hydrogen-bond donors (Lipinski definition) is 2. The molecule has 0 spiro atoms. The Hall–Kier alpha value is -1.86. The molecule has 1 aliphatic rings. The predicted molar refractivity (Wildman–Crippen MR) is 87.5 cm³/mol. The molecule has 9 heteroatoms. The fourth-order valence-corrected chi connectivity index (χ4v) is 2.30. The largest absolute Gasteiger partial charge is 0.336 e. The van der Waals surface area contributed by atoms with E-state index in [1.54, 1.807) is 11.9 Å². The van der Waals surface area contributed by atoms with Gasteiger partial charge in [0.15, 0.2) is 11.7 Å². The molecular weight excluding hydrogens is 327 g/mol. The number of halogens is 2. The predicted octanol–water partition coefficient (Wildman–Crippen LogP) is 2.54. The average Bonchev–Trinajstić information content (AvgIpc) is 2.90. The molecule has 0 aliphatic carbocycles. The van der Waals surface area contributed by atoms with Gasteiger partial charge in [0.1, 0.15) is 5.02 Å². The summed E-state index contributed by atoms with van der Waals surface area (Å²) in [5.74, 6) is 0.879. The second-order valence-electron chi connectivity index (χ2n) is 4.42. The van der Waals surface area contributed by atoms with Crippen LogP contribution >= 0.6 is 23.2 Å². The van der Waals surface area contributed by atoms with Gasteiger partial charge in [-0.25, -0.2) is 9.78 Å². The minimum atomic E-state index is -0.184. The van der Waals surface area contributed by atoms with Crippen molar-refractivity contribution in [2.75, 3.05) is 25.5 Å². The molecule has 7 nitrogen and oxygen atoms in total. The molecule has 0 unspecified atom stereocenters. The Morgan fingerprint density at radius 1 is 1.59 bits per heavy atom. The Bertz CT molecular complexity index is 631. The minimum Gasteiger partial charge on any atom is -0.336 e. The molecule has 2 amide bonds. The lowest BCUT2D eigenvalue weighted by Crippen LogP contribution is -2.37. The highest BCUT2D eigenvalue weighted by Crippen LogP contribution is 2.22. The van der Waals surface area contributed by atoms with Gasteiger partial charge in [0, 0.05) is 20.1 Å². The van der Waals surface area contributed by atoms with Crippen molar-refractivity contribution in [3.8, 4) is 0 Å². The summed E-state index contributed by atoms with van der Waals surface area (Å²) in [5, 5.41) is 6.23. The van der Waals surface area contributed by atoms with Gasteiger partial charge in [-0.2, -0.15) is 4.98 Å². The van der Waals surface area contributed by atoms with E-state index in [4.69, 9.17) is 23.2 Å². The summed E-state index contributed by atoms with van der Waals surface area (Å²) >= 11 is 11.9. The first kappa shape index (κ1) is 16.5. The number of nitrogens with zero attached hydrogens (tertiary/aromatic N) is 4. The molecule has 0 radical (unpaired) electrons. The van der Waals surface area contributed by atoms with Crippen molar-refractivity contribution in [1.82, 2.24) is 20.2 Å². The third-order valence-electron chi connectivity index (χ3n) is 2.94. The standard InChI is InChI=1S/C13H16Cl2N6O/c1-3-4-9(11(16-2)21-6-5-17-13(21)22)19-10-8(14)7-18-12(15)20-10/h4,7H,3,5-6H2,1-2H3,(H,17,22)(H,18,19,20)/b9-4+,16-11?. The fourth-order valence-electron chi connectivity index (χ4n) is 2.02. The third kappa shape index (κ3) is 3.66. The second-order valence-corrected chi connectivity index (χ2v) is 5.16. The smallest absolute Gasteiger partial charge is 0.323 e. The van der Waals surface area contributed by atoms with Gasteiger partial charge in [-0.05, 0) is 18.0 Å². The van der Waals surface area contributed by atoms with E-state index < -0.39 is 0 Å². The number of rotatable bonds is 4. The van der Waals surface area contributed by atoms with E-state index in [1.807, 2.05) is 13.0 Å². The number of aromatic nitrogens is 2. The van der Waals surface area contributed by atoms with E-state index in [1.165, 1.54) is 6.20 Å². The van der Waals surface area contributed by atoms with Gasteiger partial charge in [0.2, 0.25) is 5.28 Å². The first-order chi connectivity index (χ1) is 10.6. The van der Waals surface area contributed by atoms with Crippen LogP contribution in [0, 0.1) is 0 Å². The molecule has 1 aromatic rings. The maximum Gasteiger partial charge on any atom is 0.323 e. The van der Waals surface area contributed by atoms with E-state index in [0.29, 0.717) is 35.5 Å². The van der Waals surface area contributed by atoms with Crippen LogP contribution in [0.15, 0.2) is 23.0 Å². The molecule has 0 atom stereocenters. The van der Waals surface area contributed by atoms with Gasteiger partial charge in [-0.3, -0.25) is 9.89 Å². The van der Waals surface area contributed by atoms with Crippen LogP contribution in [-0.4, -0.2) is 46.9 Å². The SMILES string of the molecule is CC/C=C(/Nc1nc(Cl)ncc1Cl)C(=NC)N1CCNC1=O. The Morgan fingerprint density at radius 3 is 2.95 bits per heavy atom. The quantitative estimate of drug-likeness (QED) is 0.500. The monoisotopic (exact) mass is 342 g/mol. The molecule has 1 aliphatic heterocycles. The zero-order valence-electron chi connectivity index (χ0n) is 12.2. The van der Waals surface area contributed by atoms with Crippen molar-refractivity contribution >= 4 is 40.9 Å². The van der Waals surface area contributed by atoms with Crippen LogP contribution < -0.4 is 10.6 Å². The van der Waals surface area contributed by atoms with E-state index in [-0.39, 0.29) is 11.3 Å². The number of hydrogen-bond acceptors (Lipinski definition) is 5. The van der Waals surface area contributed by atoms with Crippen molar-refractivity contribution in [1.29, 1.82) is 0 Å². The van der Waals surface area contributed by atoms with Crippen LogP contribution in [-0.2, 0) is 0 Å². The van der Waals surface area contributed by atoms with Gasteiger partial charge in [-0.15, -0.1) is 0 Å². The average molecular weight is 343 g/mol. The van der Waals surface area contributed by atoms with Crippen molar-refractivity contribution in [3.63, 3.8) is 0 Å². The van der Waals surface area contributed by atoms with Gasteiger partial charge in [-0.1, -0.05) is 24.6 Å². The summed E-state index contributed by atoms with van der Waals surface area (Å²) < 4.78 is 0. The summed E-state index contributed by atoms with van der Waals surface area (Å²) in [6.45, 7) is 3.11. The third-order valence-corrected chi connectivity index (χ3v) is 3.40. The topological polar surface area (TPSA) is 82.5 Å². The van der Waals surface area contributed by atoms with Crippen LogP contribution in [0.1, 0.15) is 13.3 Å². The number of allylic oxidation sites excluding steroid dienone is 1. The number of urea groups is 1. The molecule has 2 rings (SSSR count). The normalized spacial score (nSPS) is 16.0. The van der Waals surface area contributed by atoms with Crippen LogP contribution in [0.2, 0.25) is 10.3 Å². The van der Waals surface area contributed by atoms with Crippen LogP contribution in [0.25, 0.3) is 0 Å². The van der Waals surface area contributed by atoms with Crippen molar-refractivity contribution < 1.29 is 4.79 Å². The number of anilines is 1. The van der Waals surface area contributed by atoms with Crippen molar-refractivity contribution in [2.45, 2.75) is 13.3 Å². The Kier molecular flexibility index (Phi) is 5.57. The first-order valence-corrected chi connectivity index (χ1v) is 7.50. The summed E-state index contributed by atoms with van der Waals surface area (Å²) in [7, 11) is 1.63. The molecular formula is C13H16Cl2N6O. The maximum atomic E-state index is 11.9. The maximum absolute atomic E-state index is 11.9. The number of amidine groups is 1. The zero-order chi connectivity index (χ0) is 16.1. The lowest BCUT2D eigenvalue weighted by Gasteiger charge is -2.20. The molecule has 1 aromatic heterocycles. The number of carbonyl (C=O) groups is 1. The molecule has 0 aromatic carbocycles. The van der Waals surface area contributed by atoms with Crippen LogP contribution in [0.4, 0.5) is 10.6 Å². The first-order valence-electron chi connectivity index (χ1n) is 6.74.